The molecule has 3 rings (SSSR count). The molecule has 0 aliphatic carbocycles. The summed E-state index contributed by atoms with van der Waals surface area (Å²) in [5, 5.41) is 4.88. The van der Waals surface area contributed by atoms with Crippen molar-refractivity contribution in [3.05, 3.63) is 59.2 Å². The van der Waals surface area contributed by atoms with Crippen LogP contribution in [0.25, 0.3) is 4.90 Å². The van der Waals surface area contributed by atoms with Gasteiger partial charge in [-0.2, -0.15) is 39.9 Å². The van der Waals surface area contributed by atoms with Gasteiger partial charge in [0, 0.05) is 29.3 Å². The van der Waals surface area contributed by atoms with Gasteiger partial charge in [0.15, 0.2) is 0 Å². The molecule has 1 aromatic carbocycles. The number of aryl methyl sites for hydroxylation is 1. The van der Waals surface area contributed by atoms with Crippen LogP contribution in [0.2, 0.25) is 0 Å². The Kier molecular flexibility index (Phi) is 5.15. The van der Waals surface area contributed by atoms with Gasteiger partial charge in [0.05, 0.1) is 5.56 Å². The van der Waals surface area contributed by atoms with Crippen molar-refractivity contribution in [1.82, 2.24) is 9.78 Å². The predicted octanol–water partition coefficient (Wildman–Crippen LogP) is 5.00. The van der Waals surface area contributed by atoms with Crippen LogP contribution in [0.5, 0.6) is 0 Å². The van der Waals surface area contributed by atoms with Gasteiger partial charge in [-0.15, -0.1) is 0 Å². The third-order valence-electron chi connectivity index (χ3n) is 3.80. The second kappa shape index (κ2) is 7.06. The lowest BCUT2D eigenvalue weighted by Gasteiger charge is -2.09. The van der Waals surface area contributed by atoms with E-state index in [1.54, 1.807) is 0 Å². The highest BCUT2D eigenvalue weighted by Gasteiger charge is 2.43. The van der Waals surface area contributed by atoms with Crippen LogP contribution in [0.15, 0.2) is 52.2 Å². The summed E-state index contributed by atoms with van der Waals surface area (Å²) < 4.78 is 106. The molecule has 1 unspecified atom stereocenters. The Balaban J connectivity index is 1.98. The van der Waals surface area contributed by atoms with Crippen LogP contribution in [0.1, 0.15) is 11.3 Å². The van der Waals surface area contributed by atoms with Gasteiger partial charge >= 0.3 is 22.4 Å². The topological polar surface area (TPSA) is 64.0 Å². The molecular formula is C16H12F6N3O2S2+. The van der Waals surface area contributed by atoms with E-state index >= 15 is 0 Å². The number of benzene rings is 1. The van der Waals surface area contributed by atoms with Crippen LogP contribution >= 0.6 is 10.5 Å². The van der Waals surface area contributed by atoms with Gasteiger partial charge < -0.3 is 0 Å². The van der Waals surface area contributed by atoms with Gasteiger partial charge in [-0.3, -0.25) is 9.40 Å². The molecule has 0 spiro atoms. The van der Waals surface area contributed by atoms with Gasteiger partial charge in [-0.25, -0.2) is 0 Å². The molecule has 2 aromatic heterocycles. The number of nitrogens with zero attached hydrogens (tertiary/aromatic N) is 2. The molecule has 2 heterocycles. The summed E-state index contributed by atoms with van der Waals surface area (Å²) in [6.45, 7) is 0. The molecule has 0 amide bonds. The smallest absolute Gasteiger partial charge is 0.276 e. The second-order valence-electron chi connectivity index (χ2n) is 5.81. The minimum atomic E-state index is -4.75. The minimum absolute atomic E-state index is 0.156. The van der Waals surface area contributed by atoms with Crippen molar-refractivity contribution < 1.29 is 34.8 Å². The molecular weight excluding hydrogens is 444 g/mol. The number of halogens is 6. The second-order valence-corrected chi connectivity index (χ2v) is 9.55. The standard InChI is InChI=1S/C16H12F6N3O2S2/c1-25-14(16(20,21)22)12(9-23-25)28-8-2-3-13(28)29(26,27)24-11-6-4-10(5-7-11)15(17,18)19/h2-9,24H,1H3/q+1. The molecule has 0 aliphatic rings. The number of thiophene rings is 1. The van der Waals surface area contributed by atoms with Gasteiger partial charge in [0.25, 0.3) is 4.21 Å². The quantitative estimate of drug-likeness (QED) is 0.444. The van der Waals surface area contributed by atoms with Crippen molar-refractivity contribution in [3.8, 4) is 4.90 Å². The molecule has 5 nitrogen and oxygen atoms in total. The zero-order chi connectivity index (χ0) is 21.6. The summed E-state index contributed by atoms with van der Waals surface area (Å²) in [6.07, 6.45) is -8.39. The van der Waals surface area contributed by atoms with Crippen molar-refractivity contribution in [1.29, 1.82) is 0 Å². The summed E-state index contributed by atoms with van der Waals surface area (Å²) in [5.41, 5.74) is -2.20. The minimum Gasteiger partial charge on any atom is -0.276 e. The molecule has 1 atom stereocenters. The number of hydrogen-bond acceptors (Lipinski definition) is 3. The molecule has 0 saturated heterocycles. The lowest BCUT2D eigenvalue weighted by Crippen LogP contribution is -2.14. The third kappa shape index (κ3) is 4.24. The Hall–Kier alpha value is -2.54. The first-order valence-electron chi connectivity index (χ1n) is 7.71. The van der Waals surface area contributed by atoms with Crippen LogP contribution in [-0.2, 0) is 29.4 Å². The maximum absolute atomic E-state index is 13.3. The average molecular weight is 456 g/mol. The van der Waals surface area contributed by atoms with E-state index in [-0.39, 0.29) is 14.8 Å². The highest BCUT2D eigenvalue weighted by Crippen LogP contribution is 2.45. The van der Waals surface area contributed by atoms with Crippen LogP contribution in [0.4, 0.5) is 32.0 Å². The lowest BCUT2D eigenvalue weighted by atomic mass is 10.2. The molecule has 29 heavy (non-hydrogen) atoms. The summed E-state index contributed by atoms with van der Waals surface area (Å²) in [5.74, 6) is 0. The van der Waals surface area contributed by atoms with Crippen molar-refractivity contribution >= 4 is 26.2 Å². The Bertz CT molecular complexity index is 1130. The predicted molar refractivity (Wildman–Crippen MR) is 94.3 cm³/mol. The lowest BCUT2D eigenvalue weighted by molar-refractivity contribution is -0.143. The Labute approximate surface area is 163 Å². The van der Waals surface area contributed by atoms with E-state index < -0.39 is 44.1 Å². The monoisotopic (exact) mass is 456 g/mol. The van der Waals surface area contributed by atoms with E-state index in [4.69, 9.17) is 0 Å². The fraction of sp³-hybridized carbons (Fsp3) is 0.188. The van der Waals surface area contributed by atoms with Crippen molar-refractivity contribution in [3.63, 3.8) is 0 Å². The first-order valence-corrected chi connectivity index (χ1v) is 10.5. The fourth-order valence-corrected chi connectivity index (χ4v) is 6.45. The maximum atomic E-state index is 13.3. The third-order valence-corrected chi connectivity index (χ3v) is 7.94. The van der Waals surface area contributed by atoms with E-state index in [9.17, 15) is 34.8 Å². The number of nitrogens with one attached hydrogen (secondary N) is 1. The molecule has 0 saturated carbocycles. The average Bonchev–Trinajstić information content (AvgIpc) is 3.20. The number of alkyl halides is 6. The first kappa shape index (κ1) is 21.2. The first-order chi connectivity index (χ1) is 13.3. The molecule has 0 aliphatic heterocycles. The van der Waals surface area contributed by atoms with Gasteiger partial charge in [-0.05, 0) is 30.3 Å². The molecule has 3 aromatic rings. The van der Waals surface area contributed by atoms with Crippen LogP contribution in [-0.4, -0.2) is 18.2 Å². The van der Waals surface area contributed by atoms with Gasteiger partial charge in [0.1, 0.15) is 11.6 Å². The highest BCUT2D eigenvalue weighted by atomic mass is 32.3. The number of aromatic nitrogens is 2. The SMILES string of the molecule is Cn1ncc(-[s+]2cccc2S(=O)(=O)Nc2ccc(C(F)(F)F)cc2)c1C(F)(F)F. The molecule has 1 N–H and O–H groups in total. The van der Waals surface area contributed by atoms with Gasteiger partial charge in [-0.1, -0.05) is 0 Å². The van der Waals surface area contributed by atoms with E-state index in [1.807, 2.05) is 0 Å². The van der Waals surface area contributed by atoms with Crippen molar-refractivity contribution in [2.75, 3.05) is 4.72 Å². The summed E-state index contributed by atoms with van der Waals surface area (Å²) >= 11 is 0. The largest absolute Gasteiger partial charge is 0.438 e. The van der Waals surface area contributed by atoms with E-state index in [0.717, 1.165) is 31.4 Å². The van der Waals surface area contributed by atoms with E-state index in [1.165, 1.54) is 11.4 Å². The van der Waals surface area contributed by atoms with Crippen molar-refractivity contribution in [2.24, 2.45) is 7.05 Å². The number of anilines is 1. The van der Waals surface area contributed by atoms with Crippen LogP contribution in [0.3, 0.4) is 0 Å². The number of sulfonamides is 1. The Morgan fingerprint density at radius 1 is 1.00 bits per heavy atom. The summed E-state index contributed by atoms with van der Waals surface area (Å²) in [4.78, 5) is -0.321. The zero-order valence-electron chi connectivity index (χ0n) is 14.4. The molecule has 13 heteroatoms. The van der Waals surface area contributed by atoms with Crippen molar-refractivity contribution in [2.45, 2.75) is 16.6 Å². The van der Waals surface area contributed by atoms with Gasteiger partial charge in [0.2, 0.25) is 10.6 Å². The molecule has 0 fully saturated rings. The van der Waals surface area contributed by atoms with Crippen LogP contribution in [0, 0.1) is 0 Å². The molecule has 156 valence electrons. The van der Waals surface area contributed by atoms with E-state index in [0.29, 0.717) is 16.8 Å². The Morgan fingerprint density at radius 3 is 2.17 bits per heavy atom. The van der Waals surface area contributed by atoms with Crippen LogP contribution < -0.4 is 4.72 Å². The summed E-state index contributed by atoms with van der Waals surface area (Å²) in [7, 11) is -4.83. The fourth-order valence-electron chi connectivity index (χ4n) is 2.56. The Morgan fingerprint density at radius 2 is 1.62 bits per heavy atom. The highest BCUT2D eigenvalue weighted by molar-refractivity contribution is 7.95. The summed E-state index contributed by atoms with van der Waals surface area (Å²) in [6, 6.07) is 5.68. The number of hydrogen-bond donors (Lipinski definition) is 1. The number of rotatable bonds is 4. The molecule has 0 radical (unpaired) electrons. The van der Waals surface area contributed by atoms with E-state index in [2.05, 4.69) is 9.82 Å². The maximum Gasteiger partial charge on any atom is 0.438 e. The zero-order valence-corrected chi connectivity index (χ0v) is 16.0. The molecule has 0 bridgehead atoms. The normalized spacial score (nSPS) is 13.6.